The standard InChI is InChI=1S/C13H20N2S/c1-11-10-16-9-8-15(11)7-6-12-4-2-3-5-13(12)14/h2-5,11H,6-10,14H2,1H3. The van der Waals surface area contributed by atoms with E-state index in [-0.39, 0.29) is 0 Å². The van der Waals surface area contributed by atoms with Gasteiger partial charge in [0.1, 0.15) is 0 Å². The number of hydrogen-bond acceptors (Lipinski definition) is 3. The van der Waals surface area contributed by atoms with Crippen LogP contribution in [-0.2, 0) is 6.42 Å². The number of benzene rings is 1. The number of anilines is 1. The van der Waals surface area contributed by atoms with E-state index in [1.54, 1.807) is 0 Å². The fourth-order valence-corrected chi connectivity index (χ4v) is 3.20. The van der Waals surface area contributed by atoms with Crippen LogP contribution in [0.1, 0.15) is 12.5 Å². The molecule has 1 saturated heterocycles. The van der Waals surface area contributed by atoms with Crippen LogP contribution < -0.4 is 5.73 Å². The fourth-order valence-electron chi connectivity index (χ4n) is 2.12. The Bertz CT molecular complexity index is 340. The smallest absolute Gasteiger partial charge is 0.0347 e. The predicted octanol–water partition coefficient (Wildman–Crippen LogP) is 2.25. The van der Waals surface area contributed by atoms with Crippen molar-refractivity contribution < 1.29 is 0 Å². The molecule has 1 aromatic carbocycles. The third-order valence-corrected chi connectivity index (χ3v) is 4.42. The minimum absolute atomic E-state index is 0.712. The molecule has 2 N–H and O–H groups in total. The second-order valence-corrected chi connectivity index (χ2v) is 5.56. The zero-order valence-corrected chi connectivity index (χ0v) is 10.7. The molecule has 2 rings (SSSR count). The minimum atomic E-state index is 0.712. The minimum Gasteiger partial charge on any atom is -0.399 e. The van der Waals surface area contributed by atoms with E-state index < -0.39 is 0 Å². The summed E-state index contributed by atoms with van der Waals surface area (Å²) in [5.41, 5.74) is 8.17. The lowest BCUT2D eigenvalue weighted by Gasteiger charge is -2.33. The molecule has 16 heavy (non-hydrogen) atoms. The van der Waals surface area contributed by atoms with Crippen LogP contribution in [0.2, 0.25) is 0 Å². The molecule has 1 atom stereocenters. The maximum absolute atomic E-state index is 5.95. The highest BCUT2D eigenvalue weighted by Gasteiger charge is 2.17. The van der Waals surface area contributed by atoms with E-state index in [0.717, 1.165) is 18.7 Å². The summed E-state index contributed by atoms with van der Waals surface area (Å²) in [5, 5.41) is 0. The summed E-state index contributed by atoms with van der Waals surface area (Å²) in [6.45, 7) is 4.68. The van der Waals surface area contributed by atoms with Crippen LogP contribution in [0.15, 0.2) is 24.3 Å². The van der Waals surface area contributed by atoms with Gasteiger partial charge in [0.2, 0.25) is 0 Å². The molecule has 3 heteroatoms. The van der Waals surface area contributed by atoms with Gasteiger partial charge in [-0.15, -0.1) is 0 Å². The molecule has 1 fully saturated rings. The van der Waals surface area contributed by atoms with Gasteiger partial charge in [0.05, 0.1) is 0 Å². The van der Waals surface area contributed by atoms with Crippen molar-refractivity contribution in [2.75, 3.05) is 30.3 Å². The lowest BCUT2D eigenvalue weighted by Crippen LogP contribution is -2.41. The van der Waals surface area contributed by atoms with E-state index in [1.165, 1.54) is 23.6 Å². The third kappa shape index (κ3) is 2.92. The zero-order valence-electron chi connectivity index (χ0n) is 9.86. The highest BCUT2D eigenvalue weighted by Crippen LogP contribution is 2.17. The number of rotatable bonds is 3. The molecular formula is C13H20N2S. The monoisotopic (exact) mass is 236 g/mol. The molecule has 1 aliphatic heterocycles. The molecule has 0 saturated carbocycles. The van der Waals surface area contributed by atoms with Gasteiger partial charge in [-0.25, -0.2) is 0 Å². The van der Waals surface area contributed by atoms with Gasteiger partial charge in [-0.3, -0.25) is 4.90 Å². The van der Waals surface area contributed by atoms with Crippen LogP contribution in [0.25, 0.3) is 0 Å². The Morgan fingerprint density at radius 2 is 2.25 bits per heavy atom. The van der Waals surface area contributed by atoms with Crippen LogP contribution in [0, 0.1) is 0 Å². The maximum atomic E-state index is 5.95. The average Bonchev–Trinajstić information content (AvgIpc) is 2.30. The number of nitrogens with zero attached hydrogens (tertiary/aromatic N) is 1. The van der Waals surface area contributed by atoms with Crippen LogP contribution in [0.5, 0.6) is 0 Å². The molecule has 1 unspecified atom stereocenters. The molecule has 1 heterocycles. The summed E-state index contributed by atoms with van der Waals surface area (Å²) < 4.78 is 0. The second-order valence-electron chi connectivity index (χ2n) is 4.41. The van der Waals surface area contributed by atoms with Crippen molar-refractivity contribution in [1.29, 1.82) is 0 Å². The van der Waals surface area contributed by atoms with E-state index in [4.69, 9.17) is 5.73 Å². The van der Waals surface area contributed by atoms with Gasteiger partial charge in [-0.1, -0.05) is 18.2 Å². The number of nitrogens with two attached hydrogens (primary N) is 1. The Balaban J connectivity index is 1.89. The van der Waals surface area contributed by atoms with Gasteiger partial charge in [-0.05, 0) is 25.0 Å². The lowest BCUT2D eigenvalue weighted by atomic mass is 10.1. The topological polar surface area (TPSA) is 29.3 Å². The largest absolute Gasteiger partial charge is 0.399 e. The molecule has 0 aromatic heterocycles. The maximum Gasteiger partial charge on any atom is 0.0347 e. The van der Waals surface area contributed by atoms with Crippen LogP contribution in [-0.4, -0.2) is 35.5 Å². The first-order valence-corrected chi connectivity index (χ1v) is 7.08. The fraction of sp³-hybridized carbons (Fsp3) is 0.538. The Kier molecular flexibility index (Phi) is 4.13. The summed E-state index contributed by atoms with van der Waals surface area (Å²) >= 11 is 2.07. The van der Waals surface area contributed by atoms with E-state index in [0.29, 0.717) is 6.04 Å². The quantitative estimate of drug-likeness (QED) is 0.816. The third-order valence-electron chi connectivity index (χ3n) is 3.23. The summed E-state index contributed by atoms with van der Waals surface area (Å²) in [7, 11) is 0. The summed E-state index contributed by atoms with van der Waals surface area (Å²) in [5.74, 6) is 2.54. The Labute approximate surface area is 102 Å². The molecule has 88 valence electrons. The van der Waals surface area contributed by atoms with E-state index >= 15 is 0 Å². The van der Waals surface area contributed by atoms with Crippen molar-refractivity contribution in [3.63, 3.8) is 0 Å². The van der Waals surface area contributed by atoms with Crippen LogP contribution in [0.3, 0.4) is 0 Å². The Morgan fingerprint density at radius 1 is 1.44 bits per heavy atom. The van der Waals surface area contributed by atoms with Crippen molar-refractivity contribution in [2.45, 2.75) is 19.4 Å². The van der Waals surface area contributed by atoms with Gasteiger partial charge in [0, 0.05) is 36.3 Å². The molecule has 0 bridgehead atoms. The number of nitrogen functional groups attached to an aromatic ring is 1. The highest BCUT2D eigenvalue weighted by atomic mass is 32.2. The van der Waals surface area contributed by atoms with Gasteiger partial charge >= 0.3 is 0 Å². The first kappa shape index (κ1) is 11.8. The van der Waals surface area contributed by atoms with Gasteiger partial charge in [-0.2, -0.15) is 11.8 Å². The van der Waals surface area contributed by atoms with Crippen molar-refractivity contribution in [1.82, 2.24) is 4.90 Å². The molecule has 0 radical (unpaired) electrons. The SMILES string of the molecule is CC1CSCCN1CCc1ccccc1N. The molecule has 1 aromatic rings. The molecule has 0 amide bonds. The molecule has 1 aliphatic rings. The first-order chi connectivity index (χ1) is 7.77. The zero-order chi connectivity index (χ0) is 11.4. The van der Waals surface area contributed by atoms with Gasteiger partial charge in [0.15, 0.2) is 0 Å². The van der Waals surface area contributed by atoms with Crippen LogP contribution >= 0.6 is 11.8 Å². The van der Waals surface area contributed by atoms with E-state index in [2.05, 4.69) is 35.7 Å². The normalized spacial score (nSPS) is 22.2. The summed E-state index contributed by atoms with van der Waals surface area (Å²) in [6.07, 6.45) is 1.07. The Hall–Kier alpha value is -0.670. The van der Waals surface area contributed by atoms with Gasteiger partial charge < -0.3 is 5.73 Å². The number of hydrogen-bond donors (Lipinski definition) is 1. The van der Waals surface area contributed by atoms with Crippen molar-refractivity contribution in [3.8, 4) is 0 Å². The summed E-state index contributed by atoms with van der Waals surface area (Å²) in [4.78, 5) is 2.57. The molecule has 0 spiro atoms. The number of thioether (sulfide) groups is 1. The van der Waals surface area contributed by atoms with Gasteiger partial charge in [0.25, 0.3) is 0 Å². The molecular weight excluding hydrogens is 216 g/mol. The second kappa shape index (κ2) is 5.60. The van der Waals surface area contributed by atoms with Crippen molar-refractivity contribution >= 4 is 17.4 Å². The van der Waals surface area contributed by atoms with Crippen molar-refractivity contribution in [3.05, 3.63) is 29.8 Å². The number of para-hydroxylation sites is 1. The molecule has 0 aliphatic carbocycles. The summed E-state index contributed by atoms with van der Waals surface area (Å²) in [6, 6.07) is 8.91. The average molecular weight is 236 g/mol. The Morgan fingerprint density at radius 3 is 3.00 bits per heavy atom. The predicted molar refractivity (Wildman–Crippen MR) is 72.9 cm³/mol. The molecule has 2 nitrogen and oxygen atoms in total. The first-order valence-electron chi connectivity index (χ1n) is 5.92. The highest BCUT2D eigenvalue weighted by molar-refractivity contribution is 7.99. The van der Waals surface area contributed by atoms with Crippen LogP contribution in [0.4, 0.5) is 5.69 Å². The van der Waals surface area contributed by atoms with Crippen molar-refractivity contribution in [2.24, 2.45) is 0 Å². The van der Waals surface area contributed by atoms with E-state index in [9.17, 15) is 0 Å². The van der Waals surface area contributed by atoms with E-state index in [1.807, 2.05) is 12.1 Å². The lowest BCUT2D eigenvalue weighted by molar-refractivity contribution is 0.236.